The molecule has 1 aliphatic heterocycles. The monoisotopic (exact) mass is 486 g/mol. The summed E-state index contributed by atoms with van der Waals surface area (Å²) >= 11 is 12.7. The molecule has 1 fully saturated rings. The third-order valence-electron chi connectivity index (χ3n) is 5.42. The maximum absolute atomic E-state index is 6.59. The Hall–Kier alpha value is -2.60. The van der Waals surface area contributed by atoms with Gasteiger partial charge in [0.2, 0.25) is 0 Å². The third kappa shape index (κ3) is 6.47. The molecule has 0 aromatic heterocycles. The topological polar surface area (TPSA) is 43.0 Å². The average Bonchev–Trinajstić information content (AvgIpc) is 2.84. The molecule has 0 bridgehead atoms. The van der Waals surface area contributed by atoms with Gasteiger partial charge in [-0.25, -0.2) is 0 Å². The first-order chi connectivity index (χ1) is 16.1. The largest absolute Gasteiger partial charge is 0.490 e. The predicted molar refractivity (Wildman–Crippen MR) is 135 cm³/mol. The quantitative estimate of drug-likeness (QED) is 0.377. The molecule has 1 N–H and O–H groups in total. The molecule has 1 heterocycles. The Kier molecular flexibility index (Phi) is 8.21. The van der Waals surface area contributed by atoms with E-state index in [4.69, 9.17) is 37.4 Å². The van der Waals surface area contributed by atoms with E-state index in [-0.39, 0.29) is 0 Å². The highest BCUT2D eigenvalue weighted by Gasteiger charge is 2.13. The molecule has 0 saturated carbocycles. The van der Waals surface area contributed by atoms with Crippen LogP contribution in [0.4, 0.5) is 11.4 Å². The third-order valence-corrected chi connectivity index (χ3v) is 6.01. The van der Waals surface area contributed by atoms with Gasteiger partial charge in [-0.1, -0.05) is 35.3 Å². The summed E-state index contributed by atoms with van der Waals surface area (Å²) in [5.74, 6) is 1.28. The molecular weight excluding hydrogens is 459 g/mol. The maximum Gasteiger partial charge on any atom is 0.163 e. The number of rotatable bonds is 9. The first-order valence-electron chi connectivity index (χ1n) is 11.1. The lowest BCUT2D eigenvalue weighted by molar-refractivity contribution is 0.122. The van der Waals surface area contributed by atoms with Gasteiger partial charge in [-0.3, -0.25) is 0 Å². The van der Waals surface area contributed by atoms with Crippen LogP contribution in [0.15, 0.2) is 60.7 Å². The standard InChI is InChI=1S/C26H28Cl2N2O3/c1-2-32-25-15-20(24(28)16-26(25)33-18-19-4-3-5-21(27)14-19)17-29-22-6-8-23(9-7-22)30-10-12-31-13-11-30/h3-9,14-16,29H,2,10-13,17-18H2,1H3. The van der Waals surface area contributed by atoms with Gasteiger partial charge in [0.25, 0.3) is 0 Å². The van der Waals surface area contributed by atoms with Crippen molar-refractivity contribution in [3.05, 3.63) is 81.8 Å². The van der Waals surface area contributed by atoms with Crippen molar-refractivity contribution in [1.29, 1.82) is 0 Å². The molecule has 5 nitrogen and oxygen atoms in total. The van der Waals surface area contributed by atoms with E-state index in [1.807, 2.05) is 43.3 Å². The minimum atomic E-state index is 0.379. The summed E-state index contributed by atoms with van der Waals surface area (Å²) in [5.41, 5.74) is 4.16. The molecule has 0 radical (unpaired) electrons. The van der Waals surface area contributed by atoms with Crippen LogP contribution in [0.2, 0.25) is 10.0 Å². The van der Waals surface area contributed by atoms with Gasteiger partial charge >= 0.3 is 0 Å². The summed E-state index contributed by atoms with van der Waals surface area (Å²) in [4.78, 5) is 2.33. The van der Waals surface area contributed by atoms with Gasteiger partial charge in [-0.2, -0.15) is 0 Å². The molecule has 0 atom stereocenters. The van der Waals surface area contributed by atoms with Gasteiger partial charge in [0.1, 0.15) is 6.61 Å². The van der Waals surface area contributed by atoms with E-state index < -0.39 is 0 Å². The number of hydrogen-bond donors (Lipinski definition) is 1. The molecule has 0 spiro atoms. The van der Waals surface area contributed by atoms with Crippen LogP contribution in [-0.2, 0) is 17.9 Å². The Balaban J connectivity index is 1.41. The predicted octanol–water partition coefficient (Wildman–Crippen LogP) is 6.42. The summed E-state index contributed by atoms with van der Waals surface area (Å²) in [6, 6.07) is 19.8. The molecule has 1 aliphatic rings. The smallest absolute Gasteiger partial charge is 0.163 e. The highest BCUT2D eigenvalue weighted by Crippen LogP contribution is 2.35. The van der Waals surface area contributed by atoms with Crippen LogP contribution in [0.3, 0.4) is 0 Å². The van der Waals surface area contributed by atoms with E-state index in [1.165, 1.54) is 5.69 Å². The zero-order valence-electron chi connectivity index (χ0n) is 18.7. The zero-order valence-corrected chi connectivity index (χ0v) is 20.2. The number of nitrogens with zero attached hydrogens (tertiary/aromatic N) is 1. The minimum absolute atomic E-state index is 0.379. The Morgan fingerprint density at radius 1 is 0.939 bits per heavy atom. The summed E-state index contributed by atoms with van der Waals surface area (Å²) < 4.78 is 17.3. The molecular formula is C26H28Cl2N2O3. The fourth-order valence-electron chi connectivity index (χ4n) is 3.69. The molecule has 174 valence electrons. The van der Waals surface area contributed by atoms with Crippen LogP contribution in [0, 0.1) is 0 Å². The van der Waals surface area contributed by atoms with Gasteiger partial charge in [0.15, 0.2) is 11.5 Å². The zero-order chi connectivity index (χ0) is 23.0. The molecule has 1 saturated heterocycles. The van der Waals surface area contributed by atoms with Gasteiger partial charge in [-0.05, 0) is 60.5 Å². The molecule has 0 unspecified atom stereocenters. The summed E-state index contributed by atoms with van der Waals surface area (Å²) in [6.45, 7) is 6.84. The molecule has 0 amide bonds. The molecule has 4 rings (SSSR count). The molecule has 0 aliphatic carbocycles. The van der Waals surface area contributed by atoms with Crippen molar-refractivity contribution in [2.24, 2.45) is 0 Å². The molecule has 3 aromatic rings. The number of anilines is 2. The summed E-state index contributed by atoms with van der Waals surface area (Å²) in [7, 11) is 0. The number of ether oxygens (including phenoxy) is 3. The second-order valence-corrected chi connectivity index (χ2v) is 8.59. The number of morpholine rings is 1. The Labute approximate surface area is 205 Å². The van der Waals surface area contributed by atoms with Gasteiger partial charge < -0.3 is 24.4 Å². The Bertz CT molecular complexity index is 1050. The second kappa shape index (κ2) is 11.5. The Morgan fingerprint density at radius 3 is 2.42 bits per heavy atom. The van der Waals surface area contributed by atoms with Crippen molar-refractivity contribution in [3.8, 4) is 11.5 Å². The molecule has 7 heteroatoms. The van der Waals surface area contributed by atoms with Crippen LogP contribution >= 0.6 is 23.2 Å². The van der Waals surface area contributed by atoms with E-state index in [0.717, 1.165) is 43.1 Å². The van der Waals surface area contributed by atoms with Gasteiger partial charge in [0, 0.05) is 47.1 Å². The highest BCUT2D eigenvalue weighted by molar-refractivity contribution is 6.31. The summed E-state index contributed by atoms with van der Waals surface area (Å²) in [5, 5.41) is 4.75. The normalized spacial score (nSPS) is 13.6. The maximum atomic E-state index is 6.59. The first kappa shape index (κ1) is 23.6. The first-order valence-corrected chi connectivity index (χ1v) is 11.9. The van der Waals surface area contributed by atoms with Crippen LogP contribution < -0.4 is 19.7 Å². The fraction of sp³-hybridized carbons (Fsp3) is 0.308. The van der Waals surface area contributed by atoms with Gasteiger partial charge in [0.05, 0.1) is 19.8 Å². The van der Waals surface area contributed by atoms with Crippen molar-refractivity contribution in [2.45, 2.75) is 20.1 Å². The molecule has 3 aromatic carbocycles. The van der Waals surface area contributed by atoms with Crippen molar-refractivity contribution < 1.29 is 14.2 Å². The van der Waals surface area contributed by atoms with Gasteiger partial charge in [-0.15, -0.1) is 0 Å². The SMILES string of the molecule is CCOc1cc(CNc2ccc(N3CCOCC3)cc2)c(Cl)cc1OCc1cccc(Cl)c1. The van der Waals surface area contributed by atoms with Crippen molar-refractivity contribution in [1.82, 2.24) is 0 Å². The van der Waals surface area contributed by atoms with Crippen LogP contribution in [0.1, 0.15) is 18.1 Å². The van der Waals surface area contributed by atoms with Crippen LogP contribution in [0.25, 0.3) is 0 Å². The van der Waals surface area contributed by atoms with Crippen molar-refractivity contribution in [3.63, 3.8) is 0 Å². The lowest BCUT2D eigenvalue weighted by Crippen LogP contribution is -2.36. The number of halogens is 2. The lowest BCUT2D eigenvalue weighted by Gasteiger charge is -2.29. The minimum Gasteiger partial charge on any atom is -0.490 e. The van der Waals surface area contributed by atoms with Crippen molar-refractivity contribution in [2.75, 3.05) is 43.1 Å². The average molecular weight is 487 g/mol. The number of nitrogens with one attached hydrogen (secondary N) is 1. The molecule has 33 heavy (non-hydrogen) atoms. The highest BCUT2D eigenvalue weighted by atomic mass is 35.5. The fourth-order valence-corrected chi connectivity index (χ4v) is 4.12. The second-order valence-electron chi connectivity index (χ2n) is 7.74. The number of benzene rings is 3. The Morgan fingerprint density at radius 2 is 1.70 bits per heavy atom. The van der Waals surface area contributed by atoms with E-state index in [0.29, 0.717) is 41.3 Å². The lowest BCUT2D eigenvalue weighted by atomic mass is 10.1. The summed E-state index contributed by atoms with van der Waals surface area (Å²) in [6.07, 6.45) is 0. The van der Waals surface area contributed by atoms with Crippen LogP contribution in [0.5, 0.6) is 11.5 Å². The van der Waals surface area contributed by atoms with E-state index in [1.54, 1.807) is 0 Å². The number of hydrogen-bond acceptors (Lipinski definition) is 5. The van der Waals surface area contributed by atoms with E-state index >= 15 is 0 Å². The van der Waals surface area contributed by atoms with Crippen LogP contribution in [-0.4, -0.2) is 32.9 Å². The van der Waals surface area contributed by atoms with E-state index in [9.17, 15) is 0 Å². The van der Waals surface area contributed by atoms with E-state index in [2.05, 4.69) is 34.5 Å². The van der Waals surface area contributed by atoms with Crippen molar-refractivity contribution >= 4 is 34.6 Å².